The predicted octanol–water partition coefficient (Wildman–Crippen LogP) is 9.27. The molecule has 3 nitrogen and oxygen atoms in total. The Morgan fingerprint density at radius 1 is 0.692 bits per heavy atom. The quantitative estimate of drug-likeness (QED) is 0.219. The van der Waals surface area contributed by atoms with Crippen LogP contribution in [-0.4, -0.2) is 36.5 Å². The number of hydrazine groups is 1. The van der Waals surface area contributed by atoms with Crippen molar-refractivity contribution in [2.45, 2.75) is 103 Å². The van der Waals surface area contributed by atoms with Crippen LogP contribution in [0, 0.1) is 23.2 Å². The second kappa shape index (κ2) is 10.3. The summed E-state index contributed by atoms with van der Waals surface area (Å²) < 4.78 is 10.7. The highest BCUT2D eigenvalue weighted by Gasteiger charge is 2.71. The summed E-state index contributed by atoms with van der Waals surface area (Å²) in [6, 6.07) is 22.4. The van der Waals surface area contributed by atoms with E-state index in [9.17, 15) is 0 Å². The summed E-state index contributed by atoms with van der Waals surface area (Å²) in [7, 11) is -7.87. The van der Waals surface area contributed by atoms with Gasteiger partial charge in [0.25, 0.3) is 0 Å². The molecule has 0 heterocycles. The third-order valence-corrected chi connectivity index (χ3v) is 48.6. The molecule has 4 fully saturated rings. The Bertz CT molecular complexity index is 1070. The first-order chi connectivity index (χ1) is 18.1. The first kappa shape index (κ1) is 29.4. The van der Waals surface area contributed by atoms with Crippen molar-refractivity contribution in [3.63, 3.8) is 0 Å². The van der Waals surface area contributed by atoms with E-state index < -0.39 is 30.8 Å². The van der Waals surface area contributed by atoms with Crippen molar-refractivity contribution in [3.05, 3.63) is 60.7 Å². The second-order valence-electron chi connectivity index (χ2n) is 16.3. The lowest BCUT2D eigenvalue weighted by atomic mass is 9.50. The number of nitrogens with zero attached hydrogens (tertiary/aromatic N) is 1. The number of benzene rings is 2. The van der Waals surface area contributed by atoms with Gasteiger partial charge in [0.15, 0.2) is 15.6 Å². The normalized spacial score (nSPS) is 27.9. The maximum atomic E-state index is 7.87. The van der Waals surface area contributed by atoms with Crippen molar-refractivity contribution in [1.29, 1.82) is 0 Å². The average molecular weight is 595 g/mol. The Hall–Kier alpha value is -1.13. The lowest BCUT2D eigenvalue weighted by molar-refractivity contribution is -0.0915. The number of para-hydroxylation sites is 2. The number of hydrogen-bond donors (Lipinski definition) is 1. The fraction of sp³-hybridized carbons (Fsp3) is 0.625. The van der Waals surface area contributed by atoms with Gasteiger partial charge in [-0.05, 0) is 106 Å². The van der Waals surface area contributed by atoms with Gasteiger partial charge < -0.3 is 14.5 Å². The Morgan fingerprint density at radius 3 is 1.54 bits per heavy atom. The standard InChI is InChI=1S/C32H54N2OSi4/c1-36(2,3)35-31(32-23-26-20-27(24-32)22-28(21-26)25-32)39(37(4,5)6,38(7,8)9)34(30-18-14-11-15-19-30)33-29-16-12-10-13-17-29/h10-19,26-28,31,33H,20-25H2,1-9H3. The minimum atomic E-state index is -2.36. The van der Waals surface area contributed by atoms with Crippen LogP contribution in [-0.2, 0) is 4.43 Å². The Kier molecular flexibility index (Phi) is 7.75. The van der Waals surface area contributed by atoms with E-state index in [4.69, 9.17) is 4.43 Å². The van der Waals surface area contributed by atoms with Gasteiger partial charge in [-0.3, -0.25) is 0 Å². The van der Waals surface area contributed by atoms with Crippen molar-refractivity contribution in [2.24, 2.45) is 23.2 Å². The summed E-state index contributed by atoms with van der Waals surface area (Å²) in [5.74, 6) is 2.77. The molecular formula is C32H54N2OSi4. The highest BCUT2D eigenvalue weighted by Crippen LogP contribution is 2.64. The minimum absolute atomic E-state index is 0.340. The van der Waals surface area contributed by atoms with Gasteiger partial charge in [-0.2, -0.15) is 0 Å². The maximum Gasteiger partial charge on any atom is 0.188 e. The molecule has 0 saturated heterocycles. The van der Waals surface area contributed by atoms with Gasteiger partial charge in [-0.15, -0.1) is 0 Å². The topological polar surface area (TPSA) is 24.5 Å². The molecule has 2 aromatic rings. The van der Waals surface area contributed by atoms with E-state index in [1.54, 1.807) is 0 Å². The molecule has 0 radical (unpaired) electrons. The molecule has 4 aliphatic carbocycles. The maximum absolute atomic E-state index is 7.87. The van der Waals surface area contributed by atoms with E-state index in [2.05, 4.69) is 130 Å². The Balaban J connectivity index is 1.79. The Morgan fingerprint density at radius 2 is 1.13 bits per heavy atom. The monoisotopic (exact) mass is 594 g/mol. The van der Waals surface area contributed by atoms with Crippen molar-refractivity contribution in [2.75, 3.05) is 10.1 Å². The fourth-order valence-corrected chi connectivity index (χ4v) is 59.7. The zero-order valence-electron chi connectivity index (χ0n) is 26.2. The molecule has 6 rings (SSSR count). The number of nitrogens with one attached hydrogen (secondary N) is 1. The van der Waals surface area contributed by atoms with Gasteiger partial charge in [0.1, 0.15) is 0 Å². The molecule has 4 bridgehead atoms. The molecule has 0 spiro atoms. The summed E-state index contributed by atoms with van der Waals surface area (Å²) in [6.45, 7) is 23.6. The molecule has 0 aliphatic heterocycles. The van der Waals surface area contributed by atoms with Crippen LogP contribution in [0.5, 0.6) is 0 Å². The van der Waals surface area contributed by atoms with E-state index >= 15 is 0 Å². The fourth-order valence-electron chi connectivity index (χ4n) is 9.78. The van der Waals surface area contributed by atoms with Crippen LogP contribution in [0.2, 0.25) is 58.9 Å². The number of rotatable bonds is 10. The van der Waals surface area contributed by atoms with Crippen molar-refractivity contribution in [3.8, 4) is 0 Å². The molecule has 1 N–H and O–H groups in total. The highest BCUT2D eigenvalue weighted by atomic mass is 29.6. The third-order valence-electron chi connectivity index (χ3n) is 10.2. The summed E-state index contributed by atoms with van der Waals surface area (Å²) >= 11 is 0. The smallest absolute Gasteiger partial charge is 0.188 e. The molecule has 2 aromatic carbocycles. The van der Waals surface area contributed by atoms with Crippen LogP contribution >= 0.6 is 0 Å². The van der Waals surface area contributed by atoms with Gasteiger partial charge in [-0.1, -0.05) is 75.7 Å². The van der Waals surface area contributed by atoms with Crippen molar-refractivity contribution in [1.82, 2.24) is 0 Å². The zero-order valence-corrected chi connectivity index (χ0v) is 30.2. The van der Waals surface area contributed by atoms with Gasteiger partial charge in [0.2, 0.25) is 0 Å². The van der Waals surface area contributed by atoms with E-state index in [-0.39, 0.29) is 0 Å². The Labute approximate surface area is 242 Å². The van der Waals surface area contributed by atoms with E-state index in [1.807, 2.05) is 0 Å². The lowest BCUT2D eigenvalue weighted by Crippen LogP contribution is -2.90. The number of anilines is 2. The summed E-state index contributed by atoms with van der Waals surface area (Å²) in [5.41, 5.74) is 7.40. The number of hydrogen-bond acceptors (Lipinski definition) is 3. The molecule has 1 unspecified atom stereocenters. The van der Waals surface area contributed by atoms with Crippen molar-refractivity contribution >= 4 is 42.1 Å². The van der Waals surface area contributed by atoms with Gasteiger partial charge in [0, 0.05) is 5.69 Å². The SMILES string of the molecule is C[Si](C)(C)OC(C12CC3CC(CC(C3)C1)C2)[Si](N(Nc1ccccc1)c1ccccc1)([Si](C)(C)C)[Si](C)(C)C. The molecular weight excluding hydrogens is 541 g/mol. The van der Waals surface area contributed by atoms with Crippen LogP contribution < -0.4 is 10.1 Å². The second-order valence-corrected chi connectivity index (χ2v) is 47.3. The molecule has 0 aromatic heterocycles. The van der Waals surface area contributed by atoms with E-state index in [1.165, 1.54) is 49.9 Å². The largest absolute Gasteiger partial charge is 0.415 e. The van der Waals surface area contributed by atoms with Gasteiger partial charge >= 0.3 is 0 Å². The third kappa shape index (κ3) is 5.43. The molecule has 39 heavy (non-hydrogen) atoms. The van der Waals surface area contributed by atoms with Gasteiger partial charge in [0.05, 0.1) is 26.6 Å². The van der Waals surface area contributed by atoms with E-state index in [0.717, 1.165) is 17.8 Å². The van der Waals surface area contributed by atoms with Crippen LogP contribution in [0.25, 0.3) is 0 Å². The first-order valence-corrected chi connectivity index (χ1v) is 29.9. The molecule has 4 aliphatic rings. The lowest BCUT2D eigenvalue weighted by Gasteiger charge is -2.68. The summed E-state index contributed by atoms with van der Waals surface area (Å²) in [4.78, 5) is 0. The first-order valence-electron chi connectivity index (χ1n) is 15.5. The average Bonchev–Trinajstić information content (AvgIpc) is 2.81. The van der Waals surface area contributed by atoms with Crippen LogP contribution in [0.3, 0.4) is 0 Å². The van der Waals surface area contributed by atoms with Crippen molar-refractivity contribution < 1.29 is 4.43 Å². The molecule has 1 atom stereocenters. The summed E-state index contributed by atoms with van der Waals surface area (Å²) in [5, 5.41) is 0. The van der Waals surface area contributed by atoms with Crippen LogP contribution in [0.4, 0.5) is 11.4 Å². The molecule has 7 heteroatoms. The van der Waals surface area contributed by atoms with Crippen LogP contribution in [0.15, 0.2) is 60.7 Å². The zero-order chi connectivity index (χ0) is 28.3. The van der Waals surface area contributed by atoms with Crippen LogP contribution in [0.1, 0.15) is 38.5 Å². The summed E-state index contributed by atoms with van der Waals surface area (Å²) in [6.07, 6.45) is 8.68. The van der Waals surface area contributed by atoms with E-state index in [0.29, 0.717) is 11.1 Å². The molecule has 0 amide bonds. The molecule has 214 valence electrons. The predicted molar refractivity (Wildman–Crippen MR) is 180 cm³/mol. The van der Waals surface area contributed by atoms with Gasteiger partial charge in [-0.25, -0.2) is 0 Å². The minimum Gasteiger partial charge on any atom is -0.415 e. The molecule has 4 saturated carbocycles. The highest BCUT2D eigenvalue weighted by molar-refractivity contribution is 7.70.